The first kappa shape index (κ1) is 20.4. The lowest BCUT2D eigenvalue weighted by Crippen LogP contribution is -2.38. The largest absolute Gasteiger partial charge is 0.480 e. The Bertz CT molecular complexity index is 1170. The highest BCUT2D eigenvalue weighted by atomic mass is 32.2. The normalized spacial score (nSPS) is 12.5. The predicted octanol–water partition coefficient (Wildman–Crippen LogP) is 2.28. The van der Waals surface area contributed by atoms with Crippen molar-refractivity contribution in [3.8, 4) is 22.3 Å². The molecule has 1 aromatic heterocycles. The molecule has 0 amide bonds. The number of sulfonamides is 1. The minimum absolute atomic E-state index is 0.0630. The van der Waals surface area contributed by atoms with Crippen LogP contribution in [0.1, 0.15) is 6.92 Å². The molecule has 0 spiro atoms. The van der Waals surface area contributed by atoms with Crippen LogP contribution < -0.4 is 10.5 Å². The van der Waals surface area contributed by atoms with E-state index in [0.29, 0.717) is 11.1 Å². The molecule has 29 heavy (non-hydrogen) atoms. The summed E-state index contributed by atoms with van der Waals surface area (Å²) in [6, 6.07) is 8.86. The Kier molecular flexibility index (Phi) is 5.57. The third-order valence-corrected chi connectivity index (χ3v) is 5.74. The van der Waals surface area contributed by atoms with Crippen LogP contribution in [0.15, 0.2) is 59.8 Å². The van der Waals surface area contributed by atoms with E-state index in [1.807, 2.05) is 0 Å². The molecule has 1 heterocycles. The summed E-state index contributed by atoms with van der Waals surface area (Å²) >= 11 is 0. The molecule has 3 aromatic rings. The molecule has 0 saturated carbocycles. The average Bonchev–Trinajstić information content (AvgIpc) is 2.68. The van der Waals surface area contributed by atoms with Crippen LogP contribution in [0, 0.1) is 5.82 Å². The van der Waals surface area contributed by atoms with E-state index in [2.05, 4.69) is 14.7 Å². The molecule has 1 unspecified atom stereocenters. The third-order valence-electron chi connectivity index (χ3n) is 4.14. The van der Waals surface area contributed by atoms with Gasteiger partial charge in [0.25, 0.3) is 0 Å². The monoisotopic (exact) mass is 416 g/mol. The molecule has 1 atom stereocenters. The van der Waals surface area contributed by atoms with Gasteiger partial charge < -0.3 is 10.8 Å². The molecule has 0 bridgehead atoms. The quantitative estimate of drug-likeness (QED) is 0.561. The van der Waals surface area contributed by atoms with Gasteiger partial charge in [-0.2, -0.15) is 4.72 Å². The van der Waals surface area contributed by atoms with E-state index in [0.717, 1.165) is 0 Å². The Hall–Kier alpha value is -3.37. The number of benzene rings is 2. The zero-order valence-corrected chi connectivity index (χ0v) is 16.0. The number of nitrogen functional groups attached to an aromatic ring is 1. The van der Waals surface area contributed by atoms with E-state index in [-0.39, 0.29) is 22.0 Å². The fourth-order valence-electron chi connectivity index (χ4n) is 2.68. The van der Waals surface area contributed by atoms with Gasteiger partial charge in [0.15, 0.2) is 0 Å². The highest BCUT2D eigenvalue weighted by Gasteiger charge is 2.24. The number of aliphatic carboxylic acids is 1. The summed E-state index contributed by atoms with van der Waals surface area (Å²) in [5.74, 6) is -1.85. The number of hydrogen-bond donors (Lipinski definition) is 3. The zero-order valence-electron chi connectivity index (χ0n) is 15.2. The number of rotatable bonds is 6. The molecule has 4 N–H and O–H groups in total. The summed E-state index contributed by atoms with van der Waals surface area (Å²) < 4.78 is 42.1. The van der Waals surface area contributed by atoms with Crippen molar-refractivity contribution in [1.82, 2.24) is 14.7 Å². The van der Waals surface area contributed by atoms with Crippen molar-refractivity contribution >= 4 is 21.9 Å². The first-order valence-corrected chi connectivity index (χ1v) is 9.89. The Morgan fingerprint density at radius 2 is 1.76 bits per heavy atom. The van der Waals surface area contributed by atoms with Gasteiger partial charge in [0, 0.05) is 29.1 Å². The van der Waals surface area contributed by atoms with Crippen LogP contribution in [0.4, 0.5) is 10.3 Å². The maximum absolute atomic E-state index is 14.7. The van der Waals surface area contributed by atoms with Gasteiger partial charge in [0.2, 0.25) is 16.0 Å². The first-order valence-electron chi connectivity index (χ1n) is 8.41. The number of aromatic nitrogens is 2. The van der Waals surface area contributed by atoms with E-state index in [1.54, 1.807) is 12.1 Å². The molecule has 0 fully saturated rings. The van der Waals surface area contributed by atoms with Crippen LogP contribution >= 0.6 is 0 Å². The van der Waals surface area contributed by atoms with Gasteiger partial charge in [-0.1, -0.05) is 30.3 Å². The Morgan fingerprint density at radius 3 is 2.38 bits per heavy atom. The molecule has 0 aliphatic rings. The molecule has 150 valence electrons. The van der Waals surface area contributed by atoms with Crippen molar-refractivity contribution in [2.75, 3.05) is 5.73 Å². The van der Waals surface area contributed by atoms with Gasteiger partial charge in [-0.05, 0) is 24.6 Å². The summed E-state index contributed by atoms with van der Waals surface area (Å²) in [6.07, 6.45) is 2.77. The van der Waals surface area contributed by atoms with Gasteiger partial charge in [-0.15, -0.1) is 0 Å². The van der Waals surface area contributed by atoms with Crippen molar-refractivity contribution in [2.45, 2.75) is 17.9 Å². The number of anilines is 1. The Labute approximate surface area is 166 Å². The maximum atomic E-state index is 14.7. The molecule has 0 saturated heterocycles. The molecular weight excluding hydrogens is 399 g/mol. The summed E-state index contributed by atoms with van der Waals surface area (Å²) in [5, 5.41) is 8.98. The fourth-order valence-corrected chi connectivity index (χ4v) is 4.11. The van der Waals surface area contributed by atoms with Gasteiger partial charge in [0.05, 0.1) is 4.90 Å². The third kappa shape index (κ3) is 4.39. The van der Waals surface area contributed by atoms with E-state index in [9.17, 15) is 17.6 Å². The molecule has 0 aliphatic carbocycles. The zero-order chi connectivity index (χ0) is 21.2. The number of carboxylic acid groups (broad SMARTS) is 1. The summed E-state index contributed by atoms with van der Waals surface area (Å²) in [5.41, 5.74) is 6.63. The van der Waals surface area contributed by atoms with E-state index >= 15 is 0 Å². The standard InChI is InChI=1S/C19H17FN4O4S/c1-11(18(25)26)24-29(27,28)17-5-3-2-4-15(17)12-6-7-14(16(20)8-12)13-9-22-19(21)23-10-13/h2-11,24H,1H3,(H,25,26)(H2,21,22,23). The lowest BCUT2D eigenvalue weighted by atomic mass is 10.0. The van der Waals surface area contributed by atoms with Crippen LogP contribution in [0.2, 0.25) is 0 Å². The lowest BCUT2D eigenvalue weighted by Gasteiger charge is -2.14. The molecule has 8 nitrogen and oxygen atoms in total. The van der Waals surface area contributed by atoms with Crippen LogP contribution in [0.3, 0.4) is 0 Å². The number of carboxylic acids is 1. The molecular formula is C19H17FN4O4S. The van der Waals surface area contributed by atoms with Crippen LogP contribution in [0.5, 0.6) is 0 Å². The van der Waals surface area contributed by atoms with E-state index in [1.165, 1.54) is 49.6 Å². The molecule has 10 heteroatoms. The minimum atomic E-state index is -4.15. The van der Waals surface area contributed by atoms with Gasteiger partial charge >= 0.3 is 5.97 Å². The second-order valence-corrected chi connectivity index (χ2v) is 7.88. The SMILES string of the molecule is CC(NS(=O)(=O)c1ccccc1-c1ccc(-c2cnc(N)nc2)c(F)c1)C(=O)O. The molecule has 3 rings (SSSR count). The van der Waals surface area contributed by atoms with E-state index < -0.39 is 27.9 Å². The second-order valence-electron chi connectivity index (χ2n) is 6.20. The summed E-state index contributed by atoms with van der Waals surface area (Å²) in [6.45, 7) is 1.21. The van der Waals surface area contributed by atoms with Gasteiger partial charge in [0.1, 0.15) is 11.9 Å². The van der Waals surface area contributed by atoms with Crippen molar-refractivity contribution in [1.29, 1.82) is 0 Å². The highest BCUT2D eigenvalue weighted by Crippen LogP contribution is 2.31. The van der Waals surface area contributed by atoms with Crippen LogP contribution in [-0.2, 0) is 14.8 Å². The topological polar surface area (TPSA) is 135 Å². The second kappa shape index (κ2) is 7.94. The number of hydrogen-bond acceptors (Lipinski definition) is 6. The number of nitrogens with one attached hydrogen (secondary N) is 1. The summed E-state index contributed by atoms with van der Waals surface area (Å²) in [4.78, 5) is 18.5. The van der Waals surface area contributed by atoms with Crippen molar-refractivity contribution in [3.63, 3.8) is 0 Å². The smallest absolute Gasteiger partial charge is 0.321 e. The van der Waals surface area contributed by atoms with Crippen LogP contribution in [0.25, 0.3) is 22.3 Å². The highest BCUT2D eigenvalue weighted by molar-refractivity contribution is 7.89. The van der Waals surface area contributed by atoms with Crippen molar-refractivity contribution in [3.05, 3.63) is 60.7 Å². The Morgan fingerprint density at radius 1 is 1.10 bits per heavy atom. The van der Waals surface area contributed by atoms with Gasteiger partial charge in [-0.25, -0.2) is 22.8 Å². The average molecular weight is 416 g/mol. The predicted molar refractivity (Wildman–Crippen MR) is 105 cm³/mol. The fraction of sp³-hybridized carbons (Fsp3) is 0.105. The summed E-state index contributed by atoms with van der Waals surface area (Å²) in [7, 11) is -4.15. The van der Waals surface area contributed by atoms with Crippen LogP contribution in [-0.4, -0.2) is 35.5 Å². The van der Waals surface area contributed by atoms with E-state index in [4.69, 9.17) is 10.8 Å². The lowest BCUT2D eigenvalue weighted by molar-refractivity contribution is -0.138. The maximum Gasteiger partial charge on any atom is 0.321 e. The number of halogens is 1. The molecule has 0 aliphatic heterocycles. The Balaban J connectivity index is 2.03. The minimum Gasteiger partial charge on any atom is -0.480 e. The van der Waals surface area contributed by atoms with Crippen molar-refractivity contribution < 1.29 is 22.7 Å². The number of nitrogens with zero attached hydrogens (tertiary/aromatic N) is 2. The molecule has 0 radical (unpaired) electrons. The number of carbonyl (C=O) groups is 1. The first-order chi connectivity index (χ1) is 13.7. The molecule has 2 aromatic carbocycles. The van der Waals surface area contributed by atoms with Gasteiger partial charge in [-0.3, -0.25) is 4.79 Å². The number of nitrogens with two attached hydrogens (primary N) is 1. The van der Waals surface area contributed by atoms with Crippen molar-refractivity contribution in [2.24, 2.45) is 0 Å².